The van der Waals surface area contributed by atoms with E-state index in [2.05, 4.69) is 20.4 Å². The van der Waals surface area contributed by atoms with Crippen molar-refractivity contribution in [2.24, 2.45) is 11.8 Å². The van der Waals surface area contributed by atoms with Crippen molar-refractivity contribution in [1.82, 2.24) is 0 Å². The highest BCUT2D eigenvalue weighted by Crippen LogP contribution is 2.31. The quantitative estimate of drug-likeness (QED) is 0.351. The smallest absolute Gasteiger partial charge is 0.334 e. The third-order valence-corrected chi connectivity index (χ3v) is 2.82. The first-order chi connectivity index (χ1) is 6.11. The van der Waals surface area contributed by atoms with E-state index >= 15 is 0 Å². The van der Waals surface area contributed by atoms with Crippen LogP contribution in [0, 0.1) is 11.8 Å². The third kappa shape index (κ3) is 1.67. The van der Waals surface area contributed by atoms with Gasteiger partial charge in [-0.1, -0.05) is 32.6 Å². The molecule has 1 fully saturated rings. The van der Waals surface area contributed by atoms with Crippen LogP contribution in [0.15, 0.2) is 24.3 Å². The molecule has 0 aromatic heterocycles. The number of cyclic esters (lactones) is 1. The highest BCUT2D eigenvalue weighted by molar-refractivity contribution is 5.90. The zero-order valence-corrected chi connectivity index (χ0v) is 8.41. The number of allylic oxidation sites excluding steroid dienone is 1. The second kappa shape index (κ2) is 3.77. The molecule has 0 bridgehead atoms. The summed E-state index contributed by atoms with van der Waals surface area (Å²) >= 11 is 0. The van der Waals surface area contributed by atoms with Crippen LogP contribution in [0.4, 0.5) is 0 Å². The van der Waals surface area contributed by atoms with Crippen LogP contribution in [0.25, 0.3) is 0 Å². The molecule has 0 spiro atoms. The number of rotatable bonds is 1. The van der Waals surface area contributed by atoms with Crippen molar-refractivity contribution in [2.75, 3.05) is 0 Å². The van der Waals surface area contributed by atoms with Gasteiger partial charge in [0.2, 0.25) is 0 Å². The maximum atomic E-state index is 11.4. The first-order valence-electron chi connectivity index (χ1n) is 4.61. The molecule has 0 aliphatic carbocycles. The minimum atomic E-state index is -0.196. The van der Waals surface area contributed by atoms with E-state index < -0.39 is 0 Å². The Bertz CT molecular complexity index is 253. The molecule has 1 aliphatic heterocycles. The highest BCUT2D eigenvalue weighted by Gasteiger charge is 2.34. The van der Waals surface area contributed by atoms with Crippen LogP contribution in [-0.2, 0) is 9.53 Å². The Morgan fingerprint density at radius 2 is 2.08 bits per heavy atom. The topological polar surface area (TPSA) is 26.3 Å². The molecule has 1 saturated heterocycles. The predicted molar refractivity (Wildman–Crippen MR) is 52.2 cm³/mol. The summed E-state index contributed by atoms with van der Waals surface area (Å²) in [4.78, 5) is 11.4. The molecular weight excluding hydrogens is 164 g/mol. The molecule has 1 aliphatic rings. The molecule has 0 saturated carbocycles. The van der Waals surface area contributed by atoms with Crippen LogP contribution < -0.4 is 0 Å². The molecule has 1 heterocycles. The molecule has 2 nitrogen and oxygen atoms in total. The lowest BCUT2D eigenvalue weighted by Crippen LogP contribution is -2.36. The van der Waals surface area contributed by atoms with Gasteiger partial charge in [-0.05, 0) is 12.8 Å². The van der Waals surface area contributed by atoms with Gasteiger partial charge in [0, 0.05) is 11.5 Å². The normalized spacial score (nSPS) is 37.3. The molecule has 0 aromatic carbocycles. The number of hydrogen-bond acceptors (Lipinski definition) is 2. The standard InChI is InChI=1S/C11H16O2/c1-5-9-7(3)8(4)10(6-2)13-11(9)12/h5-8,10H,2H2,1,3-4H3/b9-5+. The average Bonchev–Trinajstić information content (AvgIpc) is 2.12. The molecule has 0 radical (unpaired) electrons. The first-order valence-corrected chi connectivity index (χ1v) is 4.61. The Morgan fingerprint density at radius 1 is 1.46 bits per heavy atom. The highest BCUT2D eigenvalue weighted by atomic mass is 16.5. The van der Waals surface area contributed by atoms with Gasteiger partial charge in [-0.25, -0.2) is 4.79 Å². The molecule has 1 rings (SSSR count). The number of ether oxygens (including phenoxy) is 1. The van der Waals surface area contributed by atoms with E-state index in [1.165, 1.54) is 0 Å². The van der Waals surface area contributed by atoms with E-state index in [1.54, 1.807) is 6.08 Å². The molecule has 72 valence electrons. The largest absolute Gasteiger partial charge is 0.454 e. The molecule has 0 aromatic rings. The summed E-state index contributed by atoms with van der Waals surface area (Å²) in [6.07, 6.45) is 3.40. The second-order valence-corrected chi connectivity index (χ2v) is 3.50. The van der Waals surface area contributed by atoms with Crippen LogP contribution in [0.2, 0.25) is 0 Å². The van der Waals surface area contributed by atoms with Gasteiger partial charge in [-0.3, -0.25) is 0 Å². The second-order valence-electron chi connectivity index (χ2n) is 3.50. The van der Waals surface area contributed by atoms with E-state index in [4.69, 9.17) is 4.74 Å². The molecular formula is C11H16O2. The van der Waals surface area contributed by atoms with Gasteiger partial charge in [0.25, 0.3) is 0 Å². The molecule has 2 heteroatoms. The first kappa shape index (κ1) is 10.0. The molecule has 3 atom stereocenters. The summed E-state index contributed by atoms with van der Waals surface area (Å²) in [5, 5.41) is 0. The monoisotopic (exact) mass is 180 g/mol. The van der Waals surface area contributed by atoms with Gasteiger partial charge < -0.3 is 4.74 Å². The Kier molecular flexibility index (Phi) is 2.91. The van der Waals surface area contributed by atoms with Crippen LogP contribution in [0.1, 0.15) is 20.8 Å². The van der Waals surface area contributed by atoms with Crippen LogP contribution in [0.5, 0.6) is 0 Å². The lowest BCUT2D eigenvalue weighted by Gasteiger charge is -2.33. The van der Waals surface area contributed by atoms with Crippen molar-refractivity contribution in [2.45, 2.75) is 26.9 Å². The number of carbonyl (C=O) groups is 1. The van der Waals surface area contributed by atoms with E-state index in [-0.39, 0.29) is 18.0 Å². The van der Waals surface area contributed by atoms with Crippen LogP contribution in [-0.4, -0.2) is 12.1 Å². The van der Waals surface area contributed by atoms with Gasteiger partial charge in [-0.15, -0.1) is 0 Å². The van der Waals surface area contributed by atoms with Crippen molar-refractivity contribution < 1.29 is 9.53 Å². The third-order valence-electron chi connectivity index (χ3n) is 2.82. The molecule has 13 heavy (non-hydrogen) atoms. The maximum absolute atomic E-state index is 11.4. The van der Waals surface area contributed by atoms with Crippen molar-refractivity contribution in [3.8, 4) is 0 Å². The lowest BCUT2D eigenvalue weighted by molar-refractivity contribution is -0.149. The molecule has 0 N–H and O–H groups in total. The minimum Gasteiger partial charge on any atom is -0.454 e. The summed E-state index contributed by atoms with van der Waals surface area (Å²) in [6, 6.07) is 0. The van der Waals surface area contributed by atoms with Gasteiger partial charge in [0.1, 0.15) is 6.10 Å². The van der Waals surface area contributed by atoms with Crippen LogP contribution >= 0.6 is 0 Å². The number of esters is 1. The van der Waals surface area contributed by atoms with E-state index in [1.807, 2.05) is 13.0 Å². The zero-order valence-electron chi connectivity index (χ0n) is 8.41. The minimum absolute atomic E-state index is 0.133. The van der Waals surface area contributed by atoms with Gasteiger partial charge in [-0.2, -0.15) is 0 Å². The van der Waals surface area contributed by atoms with Crippen molar-refractivity contribution in [3.63, 3.8) is 0 Å². The zero-order chi connectivity index (χ0) is 10.0. The fourth-order valence-electron chi connectivity index (χ4n) is 1.70. The van der Waals surface area contributed by atoms with Gasteiger partial charge in [0.05, 0.1) is 0 Å². The van der Waals surface area contributed by atoms with E-state index in [0.717, 1.165) is 5.57 Å². The molecule has 0 amide bonds. The molecule has 3 unspecified atom stereocenters. The fraction of sp³-hybridized carbons (Fsp3) is 0.545. The van der Waals surface area contributed by atoms with Gasteiger partial charge >= 0.3 is 5.97 Å². The van der Waals surface area contributed by atoms with E-state index in [9.17, 15) is 4.79 Å². The SMILES string of the molecule is C=CC1OC(=O)/C(=C/C)C(C)C1C. The number of hydrogen-bond donors (Lipinski definition) is 0. The van der Waals surface area contributed by atoms with Crippen molar-refractivity contribution >= 4 is 5.97 Å². The van der Waals surface area contributed by atoms with Crippen LogP contribution in [0.3, 0.4) is 0 Å². The Labute approximate surface area is 79.3 Å². The fourth-order valence-corrected chi connectivity index (χ4v) is 1.70. The number of carbonyl (C=O) groups excluding carboxylic acids is 1. The van der Waals surface area contributed by atoms with Crippen molar-refractivity contribution in [3.05, 3.63) is 24.3 Å². The summed E-state index contributed by atoms with van der Waals surface area (Å²) < 4.78 is 5.20. The van der Waals surface area contributed by atoms with Crippen molar-refractivity contribution in [1.29, 1.82) is 0 Å². The Hall–Kier alpha value is -1.05. The maximum Gasteiger partial charge on any atom is 0.334 e. The van der Waals surface area contributed by atoms with Gasteiger partial charge in [0.15, 0.2) is 0 Å². The summed E-state index contributed by atoms with van der Waals surface area (Å²) in [5.74, 6) is 0.383. The summed E-state index contributed by atoms with van der Waals surface area (Å²) in [6.45, 7) is 9.66. The summed E-state index contributed by atoms with van der Waals surface area (Å²) in [7, 11) is 0. The lowest BCUT2D eigenvalue weighted by atomic mass is 9.82. The predicted octanol–water partition coefficient (Wildman–Crippen LogP) is 2.32. The Morgan fingerprint density at radius 3 is 2.54 bits per heavy atom. The average molecular weight is 180 g/mol. The Balaban J connectivity index is 2.91. The van der Waals surface area contributed by atoms with E-state index in [0.29, 0.717) is 5.92 Å². The summed E-state index contributed by atoms with van der Waals surface area (Å²) in [5.41, 5.74) is 0.783.